The van der Waals surface area contributed by atoms with Gasteiger partial charge >= 0.3 is 0 Å². The van der Waals surface area contributed by atoms with Gasteiger partial charge < -0.3 is 14.6 Å². The van der Waals surface area contributed by atoms with E-state index in [1.165, 1.54) is 11.3 Å². The van der Waals surface area contributed by atoms with Gasteiger partial charge in [0.05, 0.1) is 24.4 Å². The van der Waals surface area contributed by atoms with Gasteiger partial charge in [-0.2, -0.15) is 0 Å². The van der Waals surface area contributed by atoms with Crippen molar-refractivity contribution in [2.75, 3.05) is 7.11 Å². The zero-order chi connectivity index (χ0) is 13.0. The average molecular weight is 265 g/mol. The van der Waals surface area contributed by atoms with Crippen molar-refractivity contribution in [2.24, 2.45) is 0 Å². The molecular weight excluding hydrogens is 250 g/mol. The SMILES string of the molecule is COc1ccc([C@@H](C)O)c(OCc2cscn2)c1. The van der Waals surface area contributed by atoms with Crippen molar-refractivity contribution >= 4 is 11.3 Å². The molecule has 1 aromatic heterocycles. The van der Waals surface area contributed by atoms with Gasteiger partial charge in [0.15, 0.2) is 0 Å². The second kappa shape index (κ2) is 5.84. The Labute approximate surface area is 110 Å². The summed E-state index contributed by atoms with van der Waals surface area (Å²) in [5, 5.41) is 11.6. The Morgan fingerprint density at radius 1 is 1.44 bits per heavy atom. The number of ether oxygens (including phenoxy) is 2. The molecule has 0 saturated heterocycles. The summed E-state index contributed by atoms with van der Waals surface area (Å²) in [5.74, 6) is 1.32. The van der Waals surface area contributed by atoms with Crippen LogP contribution in [-0.2, 0) is 6.61 Å². The smallest absolute Gasteiger partial charge is 0.131 e. The number of rotatable bonds is 5. The minimum atomic E-state index is -0.582. The first kappa shape index (κ1) is 12.9. The van der Waals surface area contributed by atoms with Crippen molar-refractivity contribution in [2.45, 2.75) is 19.6 Å². The summed E-state index contributed by atoms with van der Waals surface area (Å²) in [4.78, 5) is 4.15. The van der Waals surface area contributed by atoms with E-state index in [1.807, 2.05) is 5.38 Å². The lowest BCUT2D eigenvalue weighted by molar-refractivity contribution is 0.189. The number of methoxy groups -OCH3 is 1. The third-order valence-electron chi connectivity index (χ3n) is 2.53. The maximum Gasteiger partial charge on any atom is 0.131 e. The first-order valence-corrected chi connectivity index (χ1v) is 6.51. The molecule has 18 heavy (non-hydrogen) atoms. The Morgan fingerprint density at radius 3 is 2.89 bits per heavy atom. The fourth-order valence-corrected chi connectivity index (χ4v) is 2.12. The molecule has 0 radical (unpaired) electrons. The highest BCUT2D eigenvalue weighted by Gasteiger charge is 2.11. The van der Waals surface area contributed by atoms with E-state index in [-0.39, 0.29) is 0 Å². The van der Waals surface area contributed by atoms with Gasteiger partial charge in [0.2, 0.25) is 0 Å². The molecule has 5 heteroatoms. The Morgan fingerprint density at radius 2 is 2.28 bits per heavy atom. The molecule has 1 N–H and O–H groups in total. The number of aromatic nitrogens is 1. The molecule has 0 unspecified atom stereocenters. The zero-order valence-corrected chi connectivity index (χ0v) is 11.1. The van der Waals surface area contributed by atoms with Crippen molar-refractivity contribution in [3.05, 3.63) is 40.3 Å². The molecule has 0 fully saturated rings. The minimum Gasteiger partial charge on any atom is -0.497 e. The van der Waals surface area contributed by atoms with Crippen LogP contribution in [0.2, 0.25) is 0 Å². The van der Waals surface area contributed by atoms with Crippen molar-refractivity contribution in [1.82, 2.24) is 4.98 Å². The van der Waals surface area contributed by atoms with Crippen LogP contribution in [0.1, 0.15) is 24.3 Å². The number of aliphatic hydroxyl groups excluding tert-OH is 1. The van der Waals surface area contributed by atoms with E-state index >= 15 is 0 Å². The van der Waals surface area contributed by atoms with Crippen LogP contribution in [0.25, 0.3) is 0 Å². The summed E-state index contributed by atoms with van der Waals surface area (Å²) in [6.45, 7) is 2.09. The summed E-state index contributed by atoms with van der Waals surface area (Å²) in [6, 6.07) is 5.38. The van der Waals surface area contributed by atoms with Crippen molar-refractivity contribution in [3.8, 4) is 11.5 Å². The molecule has 0 spiro atoms. The van der Waals surface area contributed by atoms with Gasteiger partial charge in [-0.05, 0) is 19.1 Å². The first-order chi connectivity index (χ1) is 8.70. The standard InChI is InChI=1S/C13H15NO3S/c1-9(15)12-4-3-11(16-2)5-13(12)17-6-10-7-18-8-14-10/h3-5,7-9,15H,6H2,1-2H3/t9-/m1/s1. The largest absolute Gasteiger partial charge is 0.497 e. The molecule has 0 bridgehead atoms. The second-order valence-corrected chi connectivity index (χ2v) is 4.57. The monoisotopic (exact) mass is 265 g/mol. The molecule has 0 aliphatic heterocycles. The predicted molar refractivity (Wildman–Crippen MR) is 70.1 cm³/mol. The van der Waals surface area contributed by atoms with Crippen LogP contribution in [0.4, 0.5) is 0 Å². The minimum absolute atomic E-state index is 0.385. The molecule has 2 rings (SSSR count). The van der Waals surface area contributed by atoms with Crippen LogP contribution in [0.5, 0.6) is 11.5 Å². The number of hydrogen-bond donors (Lipinski definition) is 1. The summed E-state index contributed by atoms with van der Waals surface area (Å²) < 4.78 is 10.8. The summed E-state index contributed by atoms with van der Waals surface area (Å²) >= 11 is 1.53. The van der Waals surface area contributed by atoms with Crippen LogP contribution in [0.15, 0.2) is 29.1 Å². The van der Waals surface area contributed by atoms with E-state index in [4.69, 9.17) is 9.47 Å². The van der Waals surface area contributed by atoms with E-state index < -0.39 is 6.10 Å². The lowest BCUT2D eigenvalue weighted by Gasteiger charge is -2.14. The van der Waals surface area contributed by atoms with E-state index in [1.54, 1.807) is 37.7 Å². The third kappa shape index (κ3) is 3.00. The molecular formula is C13H15NO3S. The maximum atomic E-state index is 9.69. The quantitative estimate of drug-likeness (QED) is 0.903. The zero-order valence-electron chi connectivity index (χ0n) is 10.3. The van der Waals surface area contributed by atoms with Gasteiger partial charge in [0.1, 0.15) is 18.1 Å². The molecule has 1 atom stereocenters. The molecule has 1 aromatic carbocycles. The molecule has 1 heterocycles. The Balaban J connectivity index is 2.18. The van der Waals surface area contributed by atoms with E-state index in [9.17, 15) is 5.11 Å². The van der Waals surface area contributed by atoms with Crippen LogP contribution < -0.4 is 9.47 Å². The van der Waals surface area contributed by atoms with Gasteiger partial charge in [-0.3, -0.25) is 0 Å². The van der Waals surface area contributed by atoms with Gasteiger partial charge in [-0.1, -0.05) is 0 Å². The molecule has 96 valence electrons. The number of nitrogens with zero attached hydrogens (tertiary/aromatic N) is 1. The van der Waals surface area contributed by atoms with Gasteiger partial charge in [-0.15, -0.1) is 11.3 Å². The normalized spacial score (nSPS) is 12.2. The Bertz CT molecular complexity index is 497. The fourth-order valence-electron chi connectivity index (χ4n) is 1.57. The highest BCUT2D eigenvalue weighted by atomic mass is 32.1. The van der Waals surface area contributed by atoms with Gasteiger partial charge in [-0.25, -0.2) is 4.98 Å². The molecule has 4 nitrogen and oxygen atoms in total. The first-order valence-electron chi connectivity index (χ1n) is 5.56. The Hall–Kier alpha value is -1.59. The number of aliphatic hydroxyl groups is 1. The van der Waals surface area contributed by atoms with Crippen molar-refractivity contribution in [1.29, 1.82) is 0 Å². The van der Waals surface area contributed by atoms with Crippen LogP contribution in [0.3, 0.4) is 0 Å². The van der Waals surface area contributed by atoms with Crippen molar-refractivity contribution < 1.29 is 14.6 Å². The van der Waals surface area contributed by atoms with Crippen LogP contribution in [-0.4, -0.2) is 17.2 Å². The molecule has 0 saturated carbocycles. The predicted octanol–water partition coefficient (Wildman–Crippen LogP) is 2.78. The summed E-state index contributed by atoms with van der Waals surface area (Å²) in [6.07, 6.45) is -0.582. The molecule has 2 aromatic rings. The fraction of sp³-hybridized carbons (Fsp3) is 0.308. The summed E-state index contributed by atoms with van der Waals surface area (Å²) in [7, 11) is 1.60. The lowest BCUT2D eigenvalue weighted by Crippen LogP contribution is -2.01. The second-order valence-electron chi connectivity index (χ2n) is 3.85. The highest BCUT2D eigenvalue weighted by molar-refractivity contribution is 7.07. The van der Waals surface area contributed by atoms with Gasteiger partial charge in [0.25, 0.3) is 0 Å². The third-order valence-corrected chi connectivity index (χ3v) is 3.17. The van der Waals surface area contributed by atoms with Crippen LogP contribution in [0, 0.1) is 0 Å². The van der Waals surface area contributed by atoms with E-state index in [2.05, 4.69) is 4.98 Å². The van der Waals surface area contributed by atoms with Gasteiger partial charge in [0, 0.05) is 17.0 Å². The Kier molecular flexibility index (Phi) is 4.17. The molecule has 0 aliphatic rings. The average Bonchev–Trinajstić information content (AvgIpc) is 2.88. The van der Waals surface area contributed by atoms with E-state index in [0.29, 0.717) is 18.1 Å². The molecule has 0 aliphatic carbocycles. The topological polar surface area (TPSA) is 51.6 Å². The highest BCUT2D eigenvalue weighted by Crippen LogP contribution is 2.30. The van der Waals surface area contributed by atoms with E-state index in [0.717, 1.165) is 11.3 Å². The molecule has 0 amide bonds. The summed E-state index contributed by atoms with van der Waals surface area (Å²) in [5.41, 5.74) is 3.38. The number of thiazole rings is 1. The van der Waals surface area contributed by atoms with Crippen LogP contribution >= 0.6 is 11.3 Å². The maximum absolute atomic E-state index is 9.69. The lowest BCUT2D eigenvalue weighted by atomic mass is 10.1. The number of benzene rings is 1. The van der Waals surface area contributed by atoms with Crippen molar-refractivity contribution in [3.63, 3.8) is 0 Å². The number of hydrogen-bond acceptors (Lipinski definition) is 5.